The number of nitrogens with one attached hydrogen (secondary N) is 1. The van der Waals surface area contributed by atoms with Crippen LogP contribution < -0.4 is 5.32 Å². The summed E-state index contributed by atoms with van der Waals surface area (Å²) < 4.78 is 5.29. The van der Waals surface area contributed by atoms with E-state index in [-0.39, 0.29) is 6.03 Å². The Bertz CT molecular complexity index is 358. The zero-order valence-electron chi connectivity index (χ0n) is 12.4. The number of hydrogen-bond acceptors (Lipinski definition) is 4. The van der Waals surface area contributed by atoms with Gasteiger partial charge in [0, 0.05) is 32.7 Å². The molecule has 1 unspecified atom stereocenters. The summed E-state index contributed by atoms with van der Waals surface area (Å²) in [6.07, 6.45) is 2.33. The van der Waals surface area contributed by atoms with E-state index in [9.17, 15) is 9.59 Å². The van der Waals surface area contributed by atoms with Crippen LogP contribution in [-0.4, -0.2) is 79.4 Å². The van der Waals surface area contributed by atoms with Crippen LogP contribution >= 0.6 is 0 Å². The topological polar surface area (TPSA) is 82.1 Å². The molecule has 1 atom stereocenters. The van der Waals surface area contributed by atoms with Gasteiger partial charge >= 0.3 is 12.0 Å². The van der Waals surface area contributed by atoms with Gasteiger partial charge in [0.15, 0.2) is 0 Å². The molecule has 120 valence electrons. The second-order valence-electron chi connectivity index (χ2n) is 5.66. The lowest BCUT2D eigenvalue weighted by Gasteiger charge is -2.31. The first-order valence-electron chi connectivity index (χ1n) is 7.72. The molecular weight excluding hydrogens is 274 g/mol. The summed E-state index contributed by atoms with van der Waals surface area (Å²) in [5.41, 5.74) is 0. The minimum atomic E-state index is -0.806. The van der Waals surface area contributed by atoms with E-state index in [2.05, 4.69) is 10.2 Å². The summed E-state index contributed by atoms with van der Waals surface area (Å²) >= 11 is 0. The van der Waals surface area contributed by atoms with Gasteiger partial charge in [-0.2, -0.15) is 0 Å². The normalized spacial score (nSPS) is 23.8. The molecule has 0 aliphatic carbocycles. The molecule has 0 aromatic carbocycles. The number of carbonyl (C=O) groups excluding carboxylic acids is 1. The van der Waals surface area contributed by atoms with Crippen LogP contribution in [0.2, 0.25) is 0 Å². The SMILES string of the molecule is O=C(O)C1CCCN(C(=O)NCCCN2CCOCC2)C1. The minimum Gasteiger partial charge on any atom is -0.481 e. The number of morpholine rings is 1. The Kier molecular flexibility index (Phi) is 6.25. The Morgan fingerprint density at radius 1 is 1.24 bits per heavy atom. The first kappa shape index (κ1) is 16.0. The van der Waals surface area contributed by atoms with Crippen LogP contribution in [0, 0.1) is 5.92 Å². The Hall–Kier alpha value is -1.34. The first-order valence-corrected chi connectivity index (χ1v) is 7.72. The molecule has 2 fully saturated rings. The highest BCUT2D eigenvalue weighted by Crippen LogP contribution is 2.16. The molecule has 0 radical (unpaired) electrons. The molecule has 2 N–H and O–H groups in total. The van der Waals surface area contributed by atoms with E-state index >= 15 is 0 Å². The van der Waals surface area contributed by atoms with Gasteiger partial charge in [-0.15, -0.1) is 0 Å². The van der Waals surface area contributed by atoms with Gasteiger partial charge in [-0.05, 0) is 25.8 Å². The third-order valence-electron chi connectivity index (χ3n) is 4.09. The van der Waals surface area contributed by atoms with Crippen molar-refractivity contribution in [3.8, 4) is 0 Å². The molecule has 0 spiro atoms. The monoisotopic (exact) mass is 299 g/mol. The number of carbonyl (C=O) groups is 2. The van der Waals surface area contributed by atoms with Crippen molar-refractivity contribution < 1.29 is 19.4 Å². The Morgan fingerprint density at radius 2 is 2.00 bits per heavy atom. The van der Waals surface area contributed by atoms with E-state index in [4.69, 9.17) is 9.84 Å². The number of piperidine rings is 1. The second-order valence-corrected chi connectivity index (χ2v) is 5.66. The quantitative estimate of drug-likeness (QED) is 0.710. The summed E-state index contributed by atoms with van der Waals surface area (Å²) in [6.45, 7) is 6.06. The van der Waals surface area contributed by atoms with Gasteiger partial charge in [-0.25, -0.2) is 4.79 Å². The van der Waals surface area contributed by atoms with Crippen LogP contribution in [0.1, 0.15) is 19.3 Å². The Balaban J connectivity index is 1.61. The van der Waals surface area contributed by atoms with Crippen LogP contribution in [0.3, 0.4) is 0 Å². The number of nitrogens with zero attached hydrogens (tertiary/aromatic N) is 2. The van der Waals surface area contributed by atoms with E-state index in [0.717, 1.165) is 45.7 Å². The largest absolute Gasteiger partial charge is 0.481 e. The van der Waals surface area contributed by atoms with Gasteiger partial charge in [-0.3, -0.25) is 9.69 Å². The van der Waals surface area contributed by atoms with Crippen molar-refractivity contribution in [1.82, 2.24) is 15.1 Å². The van der Waals surface area contributed by atoms with Crippen molar-refractivity contribution >= 4 is 12.0 Å². The highest BCUT2D eigenvalue weighted by molar-refractivity contribution is 5.76. The molecule has 2 aliphatic rings. The maximum Gasteiger partial charge on any atom is 0.317 e. The molecule has 2 rings (SSSR count). The fourth-order valence-electron chi connectivity index (χ4n) is 2.80. The fourth-order valence-corrected chi connectivity index (χ4v) is 2.80. The van der Waals surface area contributed by atoms with Gasteiger partial charge in [0.05, 0.1) is 19.1 Å². The molecule has 0 saturated carbocycles. The summed E-state index contributed by atoms with van der Waals surface area (Å²) in [5.74, 6) is -1.22. The van der Waals surface area contributed by atoms with Crippen molar-refractivity contribution in [3.63, 3.8) is 0 Å². The fraction of sp³-hybridized carbons (Fsp3) is 0.857. The Morgan fingerprint density at radius 3 is 2.71 bits per heavy atom. The maximum atomic E-state index is 12.0. The number of aliphatic carboxylic acids is 1. The molecule has 2 heterocycles. The van der Waals surface area contributed by atoms with E-state index in [0.29, 0.717) is 26.1 Å². The summed E-state index contributed by atoms with van der Waals surface area (Å²) in [5, 5.41) is 11.9. The number of carboxylic acid groups (broad SMARTS) is 1. The number of rotatable bonds is 5. The smallest absolute Gasteiger partial charge is 0.317 e. The predicted molar refractivity (Wildman–Crippen MR) is 77.2 cm³/mol. The highest BCUT2D eigenvalue weighted by atomic mass is 16.5. The number of likely N-dealkylation sites (tertiary alicyclic amines) is 1. The van der Waals surface area contributed by atoms with Crippen LogP contribution in [0.25, 0.3) is 0 Å². The zero-order chi connectivity index (χ0) is 15.1. The predicted octanol–water partition coefficient (Wildman–Crippen LogP) is 0.215. The van der Waals surface area contributed by atoms with Crippen molar-refractivity contribution in [2.75, 3.05) is 52.5 Å². The molecule has 7 nitrogen and oxygen atoms in total. The number of hydrogen-bond donors (Lipinski definition) is 2. The van der Waals surface area contributed by atoms with Crippen LogP contribution in [0.5, 0.6) is 0 Å². The van der Waals surface area contributed by atoms with Gasteiger partial charge in [-0.1, -0.05) is 0 Å². The van der Waals surface area contributed by atoms with Crippen molar-refractivity contribution in [2.45, 2.75) is 19.3 Å². The zero-order valence-corrected chi connectivity index (χ0v) is 12.4. The lowest BCUT2D eigenvalue weighted by Crippen LogP contribution is -2.47. The van der Waals surface area contributed by atoms with Gasteiger partial charge in [0.2, 0.25) is 0 Å². The molecule has 2 aliphatic heterocycles. The number of urea groups is 1. The van der Waals surface area contributed by atoms with Crippen molar-refractivity contribution in [1.29, 1.82) is 0 Å². The average molecular weight is 299 g/mol. The number of ether oxygens (including phenoxy) is 1. The van der Waals surface area contributed by atoms with E-state index in [1.54, 1.807) is 4.90 Å². The van der Waals surface area contributed by atoms with Gasteiger partial charge in [0.25, 0.3) is 0 Å². The summed E-state index contributed by atoms with van der Waals surface area (Å²) in [7, 11) is 0. The molecule has 0 bridgehead atoms. The lowest BCUT2D eigenvalue weighted by atomic mass is 9.99. The minimum absolute atomic E-state index is 0.136. The molecule has 0 aromatic rings. The number of carboxylic acids is 1. The lowest BCUT2D eigenvalue weighted by molar-refractivity contribution is -0.143. The van der Waals surface area contributed by atoms with Crippen LogP contribution in [0.4, 0.5) is 4.79 Å². The highest BCUT2D eigenvalue weighted by Gasteiger charge is 2.27. The van der Waals surface area contributed by atoms with Crippen LogP contribution in [-0.2, 0) is 9.53 Å². The average Bonchev–Trinajstić information content (AvgIpc) is 2.52. The third-order valence-corrected chi connectivity index (χ3v) is 4.09. The maximum absolute atomic E-state index is 12.0. The van der Waals surface area contributed by atoms with Crippen molar-refractivity contribution in [2.24, 2.45) is 5.92 Å². The van der Waals surface area contributed by atoms with Crippen LogP contribution in [0.15, 0.2) is 0 Å². The molecular formula is C14H25N3O4. The van der Waals surface area contributed by atoms with Crippen molar-refractivity contribution in [3.05, 3.63) is 0 Å². The summed E-state index contributed by atoms with van der Waals surface area (Å²) in [4.78, 5) is 26.9. The summed E-state index contributed by atoms with van der Waals surface area (Å²) in [6, 6.07) is -0.136. The molecule has 0 aromatic heterocycles. The van der Waals surface area contributed by atoms with E-state index in [1.165, 1.54) is 0 Å². The van der Waals surface area contributed by atoms with Gasteiger partial charge in [0.1, 0.15) is 0 Å². The third kappa shape index (κ3) is 5.17. The first-order chi connectivity index (χ1) is 10.2. The number of amides is 2. The molecule has 2 saturated heterocycles. The van der Waals surface area contributed by atoms with E-state index in [1.807, 2.05) is 0 Å². The van der Waals surface area contributed by atoms with Gasteiger partial charge < -0.3 is 20.1 Å². The Labute approximate surface area is 125 Å². The second kappa shape index (κ2) is 8.19. The van der Waals surface area contributed by atoms with E-state index < -0.39 is 11.9 Å². The molecule has 7 heteroatoms. The molecule has 21 heavy (non-hydrogen) atoms. The molecule has 2 amide bonds. The standard InChI is InChI=1S/C14H25N3O4/c18-13(19)12-3-1-6-17(11-12)14(20)15-4-2-5-16-7-9-21-10-8-16/h12H,1-11H2,(H,15,20)(H,18,19).